The summed E-state index contributed by atoms with van der Waals surface area (Å²) >= 11 is 0. The molecular weight excluding hydrogens is 249 g/mol. The standard InChI is InChI=1S/C13H16FN3O2/c1-2-16-5-6-17(13(19)12(16)18)8-9-3-4-10(15)7-11(9)14/h3-4,7H,2,5-6,8,15H2,1H3. The number of anilines is 1. The maximum atomic E-state index is 13.7. The maximum absolute atomic E-state index is 13.7. The van der Waals surface area contributed by atoms with E-state index >= 15 is 0 Å². The fourth-order valence-electron chi connectivity index (χ4n) is 2.07. The highest BCUT2D eigenvalue weighted by Gasteiger charge is 2.31. The van der Waals surface area contributed by atoms with E-state index in [-0.39, 0.29) is 6.54 Å². The third-order valence-electron chi connectivity index (χ3n) is 3.22. The van der Waals surface area contributed by atoms with Crippen LogP contribution in [0.3, 0.4) is 0 Å². The predicted octanol–water partition coefficient (Wildman–Crippen LogP) is 0.599. The van der Waals surface area contributed by atoms with Crippen molar-refractivity contribution < 1.29 is 14.0 Å². The third kappa shape index (κ3) is 2.67. The lowest BCUT2D eigenvalue weighted by Gasteiger charge is -2.33. The number of likely N-dealkylation sites (N-methyl/N-ethyl adjacent to an activating group) is 1. The van der Waals surface area contributed by atoms with Crippen LogP contribution in [-0.2, 0) is 16.1 Å². The van der Waals surface area contributed by atoms with Crippen LogP contribution in [0.4, 0.5) is 10.1 Å². The zero-order chi connectivity index (χ0) is 14.0. The summed E-state index contributed by atoms with van der Waals surface area (Å²) < 4.78 is 13.7. The van der Waals surface area contributed by atoms with Crippen molar-refractivity contribution in [3.63, 3.8) is 0 Å². The lowest BCUT2D eigenvalue weighted by Crippen LogP contribution is -2.53. The van der Waals surface area contributed by atoms with Gasteiger partial charge in [0.2, 0.25) is 0 Å². The quantitative estimate of drug-likeness (QED) is 0.643. The van der Waals surface area contributed by atoms with Crippen LogP contribution in [0, 0.1) is 5.82 Å². The van der Waals surface area contributed by atoms with Crippen molar-refractivity contribution in [1.29, 1.82) is 0 Å². The highest BCUT2D eigenvalue weighted by Crippen LogP contribution is 2.16. The summed E-state index contributed by atoms with van der Waals surface area (Å²) in [6.07, 6.45) is 0. The number of benzene rings is 1. The van der Waals surface area contributed by atoms with E-state index in [4.69, 9.17) is 5.73 Å². The van der Waals surface area contributed by atoms with Crippen molar-refractivity contribution in [2.75, 3.05) is 25.4 Å². The van der Waals surface area contributed by atoms with E-state index < -0.39 is 17.6 Å². The van der Waals surface area contributed by atoms with Gasteiger partial charge in [-0.1, -0.05) is 6.07 Å². The Morgan fingerprint density at radius 1 is 1.21 bits per heavy atom. The number of carbonyl (C=O) groups excluding carboxylic acids is 2. The van der Waals surface area contributed by atoms with Gasteiger partial charge in [-0.05, 0) is 19.1 Å². The highest BCUT2D eigenvalue weighted by atomic mass is 19.1. The molecule has 1 fully saturated rings. The van der Waals surface area contributed by atoms with Gasteiger partial charge in [0.25, 0.3) is 0 Å². The number of piperazine rings is 1. The number of amides is 2. The summed E-state index contributed by atoms with van der Waals surface area (Å²) in [6.45, 7) is 3.32. The van der Waals surface area contributed by atoms with Gasteiger partial charge in [-0.3, -0.25) is 9.59 Å². The molecule has 5 nitrogen and oxygen atoms in total. The summed E-state index contributed by atoms with van der Waals surface area (Å²) in [4.78, 5) is 26.4. The molecule has 2 amide bonds. The van der Waals surface area contributed by atoms with E-state index in [1.165, 1.54) is 21.9 Å². The van der Waals surface area contributed by atoms with Crippen molar-refractivity contribution in [3.8, 4) is 0 Å². The Morgan fingerprint density at radius 2 is 1.84 bits per heavy atom. The molecule has 0 spiro atoms. The molecule has 1 aliphatic heterocycles. The number of hydrogen-bond donors (Lipinski definition) is 1. The third-order valence-corrected chi connectivity index (χ3v) is 3.22. The normalized spacial score (nSPS) is 16.1. The predicted molar refractivity (Wildman–Crippen MR) is 68.5 cm³/mol. The lowest BCUT2D eigenvalue weighted by atomic mass is 10.1. The van der Waals surface area contributed by atoms with Crippen LogP contribution in [0.5, 0.6) is 0 Å². The van der Waals surface area contributed by atoms with Gasteiger partial charge in [0.1, 0.15) is 5.82 Å². The van der Waals surface area contributed by atoms with Gasteiger partial charge in [0.05, 0.1) is 0 Å². The van der Waals surface area contributed by atoms with Crippen molar-refractivity contribution in [3.05, 3.63) is 29.6 Å². The van der Waals surface area contributed by atoms with Gasteiger partial charge in [0, 0.05) is 37.4 Å². The molecule has 0 unspecified atom stereocenters. The number of nitrogens with zero attached hydrogens (tertiary/aromatic N) is 2. The number of rotatable bonds is 3. The largest absolute Gasteiger partial charge is 0.399 e. The molecule has 0 radical (unpaired) electrons. The molecule has 1 aromatic carbocycles. The Morgan fingerprint density at radius 3 is 2.47 bits per heavy atom. The van der Waals surface area contributed by atoms with E-state index in [0.29, 0.717) is 30.9 Å². The van der Waals surface area contributed by atoms with Gasteiger partial charge in [0.15, 0.2) is 0 Å². The van der Waals surface area contributed by atoms with Crippen LogP contribution < -0.4 is 5.73 Å². The second-order valence-electron chi connectivity index (χ2n) is 4.46. The summed E-state index contributed by atoms with van der Waals surface area (Å²) in [5, 5.41) is 0. The number of hydrogen-bond acceptors (Lipinski definition) is 3. The average molecular weight is 265 g/mol. The fourth-order valence-corrected chi connectivity index (χ4v) is 2.07. The first-order chi connectivity index (χ1) is 9.02. The van der Waals surface area contributed by atoms with Crippen molar-refractivity contribution in [2.24, 2.45) is 0 Å². The number of carbonyl (C=O) groups is 2. The highest BCUT2D eigenvalue weighted by molar-refractivity contribution is 6.35. The molecule has 0 aromatic heterocycles. The van der Waals surface area contributed by atoms with Gasteiger partial charge < -0.3 is 15.5 Å². The molecule has 0 aliphatic carbocycles. The molecule has 0 atom stereocenters. The first-order valence-electron chi connectivity index (χ1n) is 6.15. The molecule has 6 heteroatoms. The molecule has 19 heavy (non-hydrogen) atoms. The number of nitrogen functional groups attached to an aromatic ring is 1. The fraction of sp³-hybridized carbons (Fsp3) is 0.385. The second kappa shape index (κ2) is 5.26. The lowest BCUT2D eigenvalue weighted by molar-refractivity contribution is -0.156. The van der Waals surface area contributed by atoms with E-state index in [0.717, 1.165) is 0 Å². The minimum Gasteiger partial charge on any atom is -0.399 e. The molecule has 2 N–H and O–H groups in total. The van der Waals surface area contributed by atoms with E-state index in [9.17, 15) is 14.0 Å². The Hall–Kier alpha value is -2.11. The second-order valence-corrected chi connectivity index (χ2v) is 4.46. The zero-order valence-corrected chi connectivity index (χ0v) is 10.7. The molecule has 1 saturated heterocycles. The SMILES string of the molecule is CCN1CCN(Cc2ccc(N)cc2F)C(=O)C1=O. The van der Waals surface area contributed by atoms with E-state index in [1.54, 1.807) is 6.07 Å². The van der Waals surface area contributed by atoms with Crippen LogP contribution in [0.2, 0.25) is 0 Å². The topological polar surface area (TPSA) is 66.6 Å². The van der Waals surface area contributed by atoms with Gasteiger partial charge >= 0.3 is 11.8 Å². The van der Waals surface area contributed by atoms with Crippen molar-refractivity contribution in [1.82, 2.24) is 9.80 Å². The van der Waals surface area contributed by atoms with Crippen LogP contribution in [0.25, 0.3) is 0 Å². The maximum Gasteiger partial charge on any atom is 0.312 e. The molecule has 2 rings (SSSR count). The summed E-state index contributed by atoms with van der Waals surface area (Å²) in [7, 11) is 0. The zero-order valence-electron chi connectivity index (χ0n) is 10.7. The van der Waals surface area contributed by atoms with Crippen LogP contribution >= 0.6 is 0 Å². The Kier molecular flexibility index (Phi) is 3.69. The Labute approximate surface area is 110 Å². The first-order valence-corrected chi connectivity index (χ1v) is 6.15. The van der Waals surface area contributed by atoms with E-state index in [2.05, 4.69) is 0 Å². The molecule has 0 saturated carbocycles. The molecule has 1 heterocycles. The molecule has 1 aromatic rings. The summed E-state index contributed by atoms with van der Waals surface area (Å²) in [5.74, 6) is -1.56. The van der Waals surface area contributed by atoms with Crippen LogP contribution in [0.1, 0.15) is 12.5 Å². The van der Waals surface area contributed by atoms with Crippen LogP contribution in [0.15, 0.2) is 18.2 Å². The smallest absolute Gasteiger partial charge is 0.312 e. The Balaban J connectivity index is 2.12. The van der Waals surface area contributed by atoms with E-state index in [1.807, 2.05) is 6.92 Å². The minimum absolute atomic E-state index is 0.0915. The van der Waals surface area contributed by atoms with Crippen molar-refractivity contribution >= 4 is 17.5 Å². The summed E-state index contributed by atoms with van der Waals surface area (Å²) in [5.41, 5.74) is 6.16. The molecule has 1 aliphatic rings. The van der Waals surface area contributed by atoms with Crippen LogP contribution in [-0.4, -0.2) is 41.2 Å². The number of halogens is 1. The van der Waals surface area contributed by atoms with Crippen molar-refractivity contribution in [2.45, 2.75) is 13.5 Å². The first kappa shape index (κ1) is 13.3. The monoisotopic (exact) mass is 265 g/mol. The summed E-state index contributed by atoms with van der Waals surface area (Å²) in [6, 6.07) is 4.32. The average Bonchev–Trinajstić information content (AvgIpc) is 2.38. The Bertz CT molecular complexity index is 519. The van der Waals surface area contributed by atoms with Gasteiger partial charge in [-0.15, -0.1) is 0 Å². The molecule has 0 bridgehead atoms. The molecular formula is C13H16FN3O2. The van der Waals surface area contributed by atoms with Gasteiger partial charge in [-0.2, -0.15) is 0 Å². The van der Waals surface area contributed by atoms with Gasteiger partial charge in [-0.25, -0.2) is 4.39 Å². The number of nitrogens with two attached hydrogens (primary N) is 1. The molecule has 102 valence electrons. The minimum atomic E-state index is -0.579.